The first-order valence-electron chi connectivity index (χ1n) is 14.7. The Labute approximate surface area is 236 Å². The van der Waals surface area contributed by atoms with Crippen molar-refractivity contribution >= 4 is 5.91 Å². The first-order valence-corrected chi connectivity index (χ1v) is 14.7. The van der Waals surface area contributed by atoms with Crippen molar-refractivity contribution in [2.45, 2.75) is 77.3 Å². The maximum Gasteiger partial charge on any atom is 0.217 e. The Morgan fingerprint density at radius 2 is 1.95 bits per heavy atom. The van der Waals surface area contributed by atoms with Gasteiger partial charge in [-0.3, -0.25) is 9.69 Å². The highest BCUT2D eigenvalue weighted by Crippen LogP contribution is 2.38. The number of aromatic nitrogens is 2. The van der Waals surface area contributed by atoms with Gasteiger partial charge in [-0.15, -0.1) is 0 Å². The van der Waals surface area contributed by atoms with Crippen LogP contribution in [-0.4, -0.2) is 58.5 Å². The number of nitrogens with zero attached hydrogens (tertiary/aromatic N) is 3. The van der Waals surface area contributed by atoms with Crippen LogP contribution in [-0.2, 0) is 22.7 Å². The predicted octanol–water partition coefficient (Wildman–Crippen LogP) is 5.41. The van der Waals surface area contributed by atoms with Crippen molar-refractivity contribution in [3.63, 3.8) is 0 Å². The first-order chi connectivity index (χ1) is 19.5. The largest absolute Gasteiger partial charge is 0.488 e. The maximum atomic E-state index is 11.6. The van der Waals surface area contributed by atoms with Gasteiger partial charge in [0.1, 0.15) is 30.1 Å². The fourth-order valence-electron chi connectivity index (χ4n) is 6.58. The third-order valence-electron chi connectivity index (χ3n) is 8.38. The minimum absolute atomic E-state index is 0.0817. The Morgan fingerprint density at radius 1 is 1.10 bits per heavy atom. The molecule has 1 saturated heterocycles. The van der Waals surface area contributed by atoms with Crippen molar-refractivity contribution in [3.8, 4) is 28.5 Å². The molecule has 4 atom stereocenters. The highest BCUT2D eigenvalue weighted by molar-refractivity contribution is 5.73. The van der Waals surface area contributed by atoms with Gasteiger partial charge in [0.25, 0.3) is 0 Å². The van der Waals surface area contributed by atoms with Crippen LogP contribution in [0.4, 0.5) is 0 Å². The minimum atomic E-state index is 0.0817. The van der Waals surface area contributed by atoms with Gasteiger partial charge >= 0.3 is 0 Å². The van der Waals surface area contributed by atoms with Gasteiger partial charge in [-0.1, -0.05) is 13.0 Å². The Balaban J connectivity index is 1.05. The summed E-state index contributed by atoms with van der Waals surface area (Å²) in [5, 5.41) is 7.55. The number of carbonyl (C=O) groups excluding carboxylic acids is 1. The lowest BCUT2D eigenvalue weighted by molar-refractivity contribution is -0.119. The molecule has 1 N–H and O–H groups in total. The number of amides is 1. The van der Waals surface area contributed by atoms with E-state index in [1.54, 1.807) is 13.1 Å². The standard InChI is InChI=1S/C32H40N4O4/c1-3-14-38-21-36-31(12-13-33-36)24-5-9-28(10-6-24)39-29-11-7-25-16-30(40-32(25)18-29)20-35-19-23-4-8-26(34-22(2)37)17-27(35)15-23/h5-7,9-13,18,23,26-27,30H,3-4,8,14-17,19-21H2,1-2H3,(H,34,37)/t23?,26?,27-,30?/m1/s1. The van der Waals surface area contributed by atoms with E-state index in [9.17, 15) is 4.79 Å². The maximum absolute atomic E-state index is 11.6. The first kappa shape index (κ1) is 26.8. The molecule has 3 aliphatic rings. The minimum Gasteiger partial charge on any atom is -0.488 e. The molecule has 8 heteroatoms. The molecule has 8 nitrogen and oxygen atoms in total. The smallest absolute Gasteiger partial charge is 0.217 e. The van der Waals surface area contributed by atoms with Crippen molar-refractivity contribution < 1.29 is 19.0 Å². The Hall–Kier alpha value is -3.36. The van der Waals surface area contributed by atoms with E-state index >= 15 is 0 Å². The molecular weight excluding hydrogens is 504 g/mol. The summed E-state index contributed by atoms with van der Waals surface area (Å²) < 4.78 is 20.2. The van der Waals surface area contributed by atoms with E-state index in [0.717, 1.165) is 79.8 Å². The number of fused-ring (bicyclic) bond motifs is 3. The van der Waals surface area contributed by atoms with Crippen molar-refractivity contribution in [3.05, 3.63) is 60.3 Å². The zero-order chi connectivity index (χ0) is 27.5. The molecular formula is C32H40N4O4. The molecule has 1 aliphatic carbocycles. The summed E-state index contributed by atoms with van der Waals surface area (Å²) in [6.07, 6.45) is 8.43. The number of benzene rings is 2. The third-order valence-corrected chi connectivity index (χ3v) is 8.38. The van der Waals surface area contributed by atoms with Crippen molar-refractivity contribution in [2.75, 3.05) is 19.7 Å². The molecule has 2 aromatic carbocycles. The number of hydrogen-bond donors (Lipinski definition) is 1. The number of likely N-dealkylation sites (tertiary alicyclic amines) is 1. The molecule has 40 heavy (non-hydrogen) atoms. The van der Waals surface area contributed by atoms with Gasteiger partial charge in [-0.2, -0.15) is 5.10 Å². The van der Waals surface area contributed by atoms with Gasteiger partial charge in [0.05, 0.1) is 5.69 Å². The lowest BCUT2D eigenvalue weighted by Gasteiger charge is -2.31. The fourth-order valence-corrected chi connectivity index (χ4v) is 6.58. The summed E-state index contributed by atoms with van der Waals surface area (Å²) in [4.78, 5) is 14.2. The van der Waals surface area contributed by atoms with Crippen LogP contribution in [0.2, 0.25) is 0 Å². The topological polar surface area (TPSA) is 77.9 Å². The number of carbonyl (C=O) groups is 1. The summed E-state index contributed by atoms with van der Waals surface area (Å²) in [6, 6.07) is 17.1. The molecule has 1 aromatic heterocycles. The average Bonchev–Trinajstić information content (AvgIpc) is 3.62. The third kappa shape index (κ3) is 6.18. The average molecular weight is 545 g/mol. The molecule has 1 amide bonds. The van der Waals surface area contributed by atoms with Crippen molar-refractivity contribution in [1.29, 1.82) is 0 Å². The van der Waals surface area contributed by atoms with Gasteiger partial charge in [0.15, 0.2) is 0 Å². The van der Waals surface area contributed by atoms with Gasteiger partial charge < -0.3 is 19.5 Å². The quantitative estimate of drug-likeness (QED) is 0.344. The van der Waals surface area contributed by atoms with Gasteiger partial charge in [0, 0.05) is 63.0 Å². The molecule has 212 valence electrons. The number of hydrogen-bond acceptors (Lipinski definition) is 6. The van der Waals surface area contributed by atoms with E-state index in [1.165, 1.54) is 18.4 Å². The van der Waals surface area contributed by atoms with Gasteiger partial charge in [-0.05, 0) is 80.0 Å². The SMILES string of the molecule is CCCOCn1nccc1-c1ccc(Oc2ccc3c(c2)OC(CN2CC4CCC(NC(C)=O)C[C@H]2C4)C3)cc1. The van der Waals surface area contributed by atoms with Crippen LogP contribution in [0.25, 0.3) is 11.3 Å². The van der Waals surface area contributed by atoms with Crippen molar-refractivity contribution in [1.82, 2.24) is 20.0 Å². The molecule has 2 bridgehead atoms. The second-order valence-electron chi connectivity index (χ2n) is 11.5. The zero-order valence-corrected chi connectivity index (χ0v) is 23.6. The predicted molar refractivity (Wildman–Crippen MR) is 153 cm³/mol. The van der Waals surface area contributed by atoms with E-state index in [0.29, 0.717) is 18.8 Å². The monoisotopic (exact) mass is 544 g/mol. The summed E-state index contributed by atoms with van der Waals surface area (Å²) in [6.45, 7) is 6.96. The molecule has 2 aliphatic heterocycles. The molecule has 3 heterocycles. The molecule has 0 spiro atoms. The van der Waals surface area contributed by atoms with Crippen LogP contribution >= 0.6 is 0 Å². The molecule has 3 aromatic rings. The fraction of sp³-hybridized carbons (Fsp3) is 0.500. The Bertz CT molecular complexity index is 1310. The second kappa shape index (κ2) is 12.0. The normalized spacial score (nSPS) is 23.9. The summed E-state index contributed by atoms with van der Waals surface area (Å²) >= 11 is 0. The van der Waals surface area contributed by atoms with Crippen LogP contribution < -0.4 is 14.8 Å². The molecule has 6 rings (SSSR count). The molecule has 1 saturated carbocycles. The highest BCUT2D eigenvalue weighted by Gasteiger charge is 2.38. The summed E-state index contributed by atoms with van der Waals surface area (Å²) in [5.41, 5.74) is 3.32. The highest BCUT2D eigenvalue weighted by atomic mass is 16.5. The number of rotatable bonds is 10. The van der Waals surface area contributed by atoms with E-state index in [1.807, 2.05) is 47.1 Å². The molecule has 2 fully saturated rings. The van der Waals surface area contributed by atoms with Crippen LogP contribution in [0.3, 0.4) is 0 Å². The summed E-state index contributed by atoms with van der Waals surface area (Å²) in [7, 11) is 0. The van der Waals surface area contributed by atoms with E-state index in [-0.39, 0.29) is 12.0 Å². The van der Waals surface area contributed by atoms with Crippen LogP contribution in [0.5, 0.6) is 17.2 Å². The van der Waals surface area contributed by atoms with Gasteiger partial charge in [0.2, 0.25) is 5.91 Å². The van der Waals surface area contributed by atoms with Crippen LogP contribution in [0.15, 0.2) is 54.7 Å². The lowest BCUT2D eigenvalue weighted by Crippen LogP contribution is -2.43. The number of ether oxygens (including phenoxy) is 3. The van der Waals surface area contributed by atoms with Crippen LogP contribution in [0.1, 0.15) is 51.5 Å². The lowest BCUT2D eigenvalue weighted by atomic mass is 10.0. The Kier molecular flexibility index (Phi) is 8.07. The summed E-state index contributed by atoms with van der Waals surface area (Å²) in [5.74, 6) is 3.29. The van der Waals surface area contributed by atoms with E-state index in [2.05, 4.69) is 28.3 Å². The van der Waals surface area contributed by atoms with Gasteiger partial charge in [-0.25, -0.2) is 4.68 Å². The van der Waals surface area contributed by atoms with E-state index in [4.69, 9.17) is 14.2 Å². The molecule has 3 unspecified atom stereocenters. The zero-order valence-electron chi connectivity index (χ0n) is 23.6. The van der Waals surface area contributed by atoms with Crippen molar-refractivity contribution in [2.24, 2.45) is 5.92 Å². The van der Waals surface area contributed by atoms with E-state index < -0.39 is 0 Å². The number of nitrogens with one attached hydrogen (secondary N) is 1. The Morgan fingerprint density at radius 3 is 2.77 bits per heavy atom. The second-order valence-corrected chi connectivity index (χ2v) is 11.5. The van der Waals surface area contributed by atoms with Crippen LogP contribution in [0, 0.1) is 5.92 Å². The molecule has 0 radical (unpaired) electrons.